The molecular weight excluding hydrogens is 507 g/mol. The average molecular weight is 549 g/mol. The molecule has 0 spiro atoms. The average Bonchev–Trinajstić information content (AvgIpc) is 3.50. The molecule has 0 saturated carbocycles. The zero-order chi connectivity index (χ0) is 28.0. The van der Waals surface area contributed by atoms with Crippen LogP contribution in [0.15, 0.2) is 42.6 Å². The van der Waals surface area contributed by atoms with Gasteiger partial charge >= 0.3 is 0 Å². The quantitative estimate of drug-likeness (QED) is 0.511. The first-order valence-corrected chi connectivity index (χ1v) is 14.5. The van der Waals surface area contributed by atoms with Crippen molar-refractivity contribution in [2.45, 2.75) is 57.7 Å². The number of benzene rings is 1. The van der Waals surface area contributed by atoms with Gasteiger partial charge in [0.25, 0.3) is 0 Å². The van der Waals surface area contributed by atoms with Crippen LogP contribution in [-0.4, -0.2) is 95.9 Å². The Bertz CT molecular complexity index is 1370. The Morgan fingerprint density at radius 3 is 2.75 bits per heavy atom. The molecule has 214 valence electrons. The van der Waals surface area contributed by atoms with Crippen LogP contribution in [0.25, 0.3) is 5.52 Å². The summed E-state index contributed by atoms with van der Waals surface area (Å²) in [5, 5.41) is 8.32. The van der Waals surface area contributed by atoms with Gasteiger partial charge in [-0.3, -0.25) is 14.6 Å². The lowest BCUT2D eigenvalue weighted by molar-refractivity contribution is -0.121. The number of amides is 1. The van der Waals surface area contributed by atoms with Crippen molar-refractivity contribution in [3.63, 3.8) is 0 Å². The summed E-state index contributed by atoms with van der Waals surface area (Å²) in [5.74, 6) is -0.116. The molecule has 3 aliphatic rings. The van der Waals surface area contributed by atoms with Crippen molar-refractivity contribution in [3.05, 3.63) is 65.2 Å². The van der Waals surface area contributed by atoms with Crippen LogP contribution >= 0.6 is 0 Å². The molecule has 1 N–H and O–H groups in total. The van der Waals surface area contributed by atoms with Crippen LogP contribution in [0.3, 0.4) is 0 Å². The number of carbonyl (C=O) groups excluding carboxylic acids is 1. The molecule has 0 unspecified atom stereocenters. The molecule has 8 nitrogen and oxygen atoms in total. The van der Waals surface area contributed by atoms with Crippen LogP contribution in [0.1, 0.15) is 44.5 Å². The lowest BCUT2D eigenvalue weighted by Gasteiger charge is -2.43. The molecule has 0 radical (unpaired) electrons. The zero-order valence-corrected chi connectivity index (χ0v) is 24.1. The molecule has 2 aromatic heterocycles. The third kappa shape index (κ3) is 5.28. The lowest BCUT2D eigenvalue weighted by atomic mass is 9.90. The summed E-state index contributed by atoms with van der Waals surface area (Å²) < 4.78 is 21.2. The van der Waals surface area contributed by atoms with Gasteiger partial charge in [-0.15, -0.1) is 0 Å². The Hall–Kier alpha value is -2.85. The molecule has 3 aliphatic heterocycles. The van der Waals surface area contributed by atoms with Crippen molar-refractivity contribution >= 4 is 17.1 Å². The van der Waals surface area contributed by atoms with E-state index in [1.54, 1.807) is 0 Å². The monoisotopic (exact) mass is 548 g/mol. The Labute approximate surface area is 236 Å². The van der Waals surface area contributed by atoms with Crippen molar-refractivity contribution in [2.75, 3.05) is 57.4 Å². The fourth-order valence-electron chi connectivity index (χ4n) is 6.69. The number of ether oxygens (including phenoxy) is 1. The number of fused-ring (bicyclic) bond motifs is 3. The standard InChI is InChI=1S/C31H41FN6O2/c1-21-16-36(26(15-33-21)17-35-11-12-40-19-22(35)2)18-29(39)37-20-31(3,4)30-28(37)14-24(27-9-10-34-38(27)30)13-23-5-7-25(32)8-6-23/h5-10,14,21-22,26,33H,11-13,15-20H2,1-4H3/t21-,22-,26-/m1/s1. The number of anilines is 1. The van der Waals surface area contributed by atoms with E-state index >= 15 is 0 Å². The Morgan fingerprint density at radius 1 is 1.18 bits per heavy atom. The summed E-state index contributed by atoms with van der Waals surface area (Å²) in [4.78, 5) is 21.0. The van der Waals surface area contributed by atoms with Gasteiger partial charge < -0.3 is 15.0 Å². The Balaban J connectivity index is 1.28. The number of morpholine rings is 1. The van der Waals surface area contributed by atoms with Gasteiger partial charge in [-0.05, 0) is 55.7 Å². The van der Waals surface area contributed by atoms with E-state index in [4.69, 9.17) is 9.84 Å². The molecule has 9 heteroatoms. The summed E-state index contributed by atoms with van der Waals surface area (Å²) in [6.07, 6.45) is 2.46. The predicted octanol–water partition coefficient (Wildman–Crippen LogP) is 3.07. The second-order valence-corrected chi connectivity index (χ2v) is 12.5. The van der Waals surface area contributed by atoms with Gasteiger partial charge in [-0.2, -0.15) is 5.10 Å². The maximum absolute atomic E-state index is 14.1. The molecule has 0 aliphatic carbocycles. The van der Waals surface area contributed by atoms with E-state index in [9.17, 15) is 9.18 Å². The number of hydrogen-bond donors (Lipinski definition) is 1. The van der Waals surface area contributed by atoms with Crippen LogP contribution in [0.5, 0.6) is 0 Å². The molecule has 1 aromatic carbocycles. The Morgan fingerprint density at radius 2 is 1.98 bits per heavy atom. The van der Waals surface area contributed by atoms with E-state index in [0.29, 0.717) is 31.6 Å². The molecule has 1 amide bonds. The molecule has 2 saturated heterocycles. The highest BCUT2D eigenvalue weighted by Gasteiger charge is 2.42. The third-order valence-corrected chi connectivity index (χ3v) is 8.85. The number of pyridine rings is 1. The molecule has 3 atom stereocenters. The van der Waals surface area contributed by atoms with Crippen molar-refractivity contribution in [1.82, 2.24) is 24.7 Å². The van der Waals surface area contributed by atoms with Crippen molar-refractivity contribution < 1.29 is 13.9 Å². The normalized spacial score (nSPS) is 25.4. The van der Waals surface area contributed by atoms with Gasteiger partial charge in [0.15, 0.2) is 0 Å². The highest BCUT2D eigenvalue weighted by Crippen LogP contribution is 2.42. The smallest absolute Gasteiger partial charge is 0.241 e. The fraction of sp³-hybridized carbons (Fsp3) is 0.548. The van der Waals surface area contributed by atoms with Crippen molar-refractivity contribution in [2.24, 2.45) is 0 Å². The second kappa shape index (κ2) is 10.9. The van der Waals surface area contributed by atoms with E-state index in [1.807, 2.05) is 33.8 Å². The molecule has 0 bridgehead atoms. The summed E-state index contributed by atoms with van der Waals surface area (Å²) >= 11 is 0. The summed E-state index contributed by atoms with van der Waals surface area (Å²) in [5.41, 5.74) is 4.88. The zero-order valence-electron chi connectivity index (χ0n) is 24.1. The van der Waals surface area contributed by atoms with Gasteiger partial charge in [-0.25, -0.2) is 8.91 Å². The minimum atomic E-state index is -0.247. The lowest BCUT2D eigenvalue weighted by Crippen LogP contribution is -2.62. The maximum Gasteiger partial charge on any atom is 0.241 e. The Kier molecular flexibility index (Phi) is 7.41. The highest BCUT2D eigenvalue weighted by atomic mass is 19.1. The van der Waals surface area contributed by atoms with Gasteiger partial charge in [0.1, 0.15) is 5.82 Å². The summed E-state index contributed by atoms with van der Waals surface area (Å²) in [6, 6.07) is 11.8. The second-order valence-electron chi connectivity index (χ2n) is 12.5. The number of rotatable bonds is 6. The van der Waals surface area contributed by atoms with E-state index in [0.717, 1.165) is 67.4 Å². The molecule has 2 fully saturated rings. The third-order valence-electron chi connectivity index (χ3n) is 8.85. The van der Waals surface area contributed by atoms with E-state index in [1.165, 1.54) is 12.1 Å². The first kappa shape index (κ1) is 27.3. The molecular formula is C31H41FN6O2. The number of nitrogens with one attached hydrogen (secondary N) is 1. The van der Waals surface area contributed by atoms with Gasteiger partial charge in [-0.1, -0.05) is 26.0 Å². The number of halogens is 1. The molecule has 5 heterocycles. The molecule has 40 heavy (non-hydrogen) atoms. The van der Waals surface area contributed by atoms with Gasteiger partial charge in [0, 0.05) is 56.3 Å². The van der Waals surface area contributed by atoms with Crippen LogP contribution in [0, 0.1) is 5.82 Å². The van der Waals surface area contributed by atoms with E-state index in [2.05, 4.69) is 48.9 Å². The number of nitrogens with zero attached hydrogens (tertiary/aromatic N) is 5. The van der Waals surface area contributed by atoms with Gasteiger partial charge in [0.2, 0.25) is 5.91 Å². The van der Waals surface area contributed by atoms with Crippen molar-refractivity contribution in [3.8, 4) is 0 Å². The van der Waals surface area contributed by atoms with Crippen LogP contribution in [0.4, 0.5) is 10.1 Å². The first-order chi connectivity index (χ1) is 19.2. The topological polar surface area (TPSA) is 65.4 Å². The summed E-state index contributed by atoms with van der Waals surface area (Å²) in [6.45, 7) is 14.9. The van der Waals surface area contributed by atoms with E-state index < -0.39 is 0 Å². The highest BCUT2D eigenvalue weighted by molar-refractivity contribution is 5.98. The fourth-order valence-corrected chi connectivity index (χ4v) is 6.69. The van der Waals surface area contributed by atoms with E-state index in [-0.39, 0.29) is 23.2 Å². The number of piperazine rings is 1. The molecule has 3 aromatic rings. The van der Waals surface area contributed by atoms with Crippen LogP contribution in [-0.2, 0) is 21.4 Å². The SMILES string of the molecule is C[C@@H]1CN(CC(=O)N2CC(C)(C)c3c2cc(Cc2ccc(F)cc2)c2ccnn32)[C@@H](CN2CCOC[C@H]2C)CN1. The number of aromatic nitrogens is 2. The largest absolute Gasteiger partial charge is 0.379 e. The number of carbonyl (C=O) groups is 1. The summed E-state index contributed by atoms with van der Waals surface area (Å²) in [7, 11) is 0. The minimum Gasteiger partial charge on any atom is -0.379 e. The predicted molar refractivity (Wildman–Crippen MR) is 154 cm³/mol. The number of hydrogen-bond acceptors (Lipinski definition) is 6. The van der Waals surface area contributed by atoms with Crippen molar-refractivity contribution in [1.29, 1.82) is 0 Å². The van der Waals surface area contributed by atoms with Crippen LogP contribution < -0.4 is 10.2 Å². The van der Waals surface area contributed by atoms with Crippen LogP contribution in [0.2, 0.25) is 0 Å². The minimum absolute atomic E-state index is 0.125. The van der Waals surface area contributed by atoms with Gasteiger partial charge in [0.05, 0.1) is 42.9 Å². The first-order valence-electron chi connectivity index (χ1n) is 14.5. The maximum atomic E-state index is 14.1. The molecule has 6 rings (SSSR count).